The molecule has 5 heteroatoms. The van der Waals surface area contributed by atoms with Crippen LogP contribution in [0.15, 0.2) is 59.4 Å². The fourth-order valence-corrected chi connectivity index (χ4v) is 3.17. The molecule has 0 aliphatic carbocycles. The monoisotopic (exact) mass is 337 g/mol. The van der Waals surface area contributed by atoms with E-state index in [2.05, 4.69) is 19.2 Å². The minimum Gasteiger partial charge on any atom is -0.347 e. The third-order valence-electron chi connectivity index (χ3n) is 4.50. The molecular formula is C20H23N3O2. The number of rotatable bonds is 5. The van der Waals surface area contributed by atoms with Crippen molar-refractivity contribution in [1.82, 2.24) is 14.5 Å². The van der Waals surface area contributed by atoms with Crippen LogP contribution in [0.25, 0.3) is 11.0 Å². The maximum absolute atomic E-state index is 12.6. The van der Waals surface area contributed by atoms with Crippen molar-refractivity contribution >= 4 is 16.9 Å². The number of aryl methyl sites for hydroxylation is 1. The maximum atomic E-state index is 12.6. The summed E-state index contributed by atoms with van der Waals surface area (Å²) in [7, 11) is 1.72. The van der Waals surface area contributed by atoms with E-state index in [0.717, 1.165) is 16.6 Å². The lowest BCUT2D eigenvalue weighted by Crippen LogP contribution is -2.36. The van der Waals surface area contributed by atoms with Gasteiger partial charge in [-0.1, -0.05) is 56.3 Å². The Balaban J connectivity index is 1.85. The third kappa shape index (κ3) is 3.36. The molecule has 5 nitrogen and oxygen atoms in total. The Bertz CT molecular complexity index is 938. The van der Waals surface area contributed by atoms with Gasteiger partial charge in [0.1, 0.15) is 6.54 Å². The molecule has 1 unspecified atom stereocenters. The number of hydrogen-bond donors (Lipinski definition) is 1. The topological polar surface area (TPSA) is 56.0 Å². The van der Waals surface area contributed by atoms with E-state index in [0.29, 0.717) is 0 Å². The van der Waals surface area contributed by atoms with Gasteiger partial charge in [0, 0.05) is 7.05 Å². The first kappa shape index (κ1) is 17.0. The van der Waals surface area contributed by atoms with Crippen molar-refractivity contribution in [3.8, 4) is 0 Å². The van der Waals surface area contributed by atoms with Crippen molar-refractivity contribution in [1.29, 1.82) is 0 Å². The second-order valence-electron chi connectivity index (χ2n) is 6.62. The van der Waals surface area contributed by atoms with Gasteiger partial charge in [0.15, 0.2) is 0 Å². The van der Waals surface area contributed by atoms with Gasteiger partial charge in [0.2, 0.25) is 5.91 Å². The zero-order valence-corrected chi connectivity index (χ0v) is 14.8. The molecule has 3 rings (SSSR count). The number of fused-ring (bicyclic) bond motifs is 1. The second kappa shape index (κ2) is 6.97. The van der Waals surface area contributed by atoms with Crippen LogP contribution in [0.2, 0.25) is 0 Å². The highest BCUT2D eigenvalue weighted by Crippen LogP contribution is 2.21. The largest absolute Gasteiger partial charge is 0.347 e. The van der Waals surface area contributed by atoms with Crippen LogP contribution >= 0.6 is 0 Å². The lowest BCUT2D eigenvalue weighted by atomic mass is 9.96. The highest BCUT2D eigenvalue weighted by Gasteiger charge is 2.20. The van der Waals surface area contributed by atoms with Crippen molar-refractivity contribution in [2.24, 2.45) is 13.0 Å². The number of carbonyl (C=O) groups excluding carboxylic acids is 1. The molecule has 0 saturated carbocycles. The Morgan fingerprint density at radius 1 is 1.00 bits per heavy atom. The molecule has 0 fully saturated rings. The lowest BCUT2D eigenvalue weighted by molar-refractivity contribution is -0.122. The van der Waals surface area contributed by atoms with Gasteiger partial charge in [-0.2, -0.15) is 0 Å². The summed E-state index contributed by atoms with van der Waals surface area (Å²) in [5.41, 5.74) is 2.48. The van der Waals surface area contributed by atoms with E-state index in [4.69, 9.17) is 0 Å². The van der Waals surface area contributed by atoms with E-state index in [1.165, 1.54) is 4.57 Å². The van der Waals surface area contributed by atoms with E-state index < -0.39 is 0 Å². The number of aromatic nitrogens is 2. The van der Waals surface area contributed by atoms with Crippen molar-refractivity contribution in [3.63, 3.8) is 0 Å². The van der Waals surface area contributed by atoms with Crippen molar-refractivity contribution < 1.29 is 4.79 Å². The van der Waals surface area contributed by atoms with E-state index >= 15 is 0 Å². The summed E-state index contributed by atoms with van der Waals surface area (Å²) in [6.07, 6.45) is 0. The maximum Gasteiger partial charge on any atom is 0.329 e. The van der Waals surface area contributed by atoms with Crippen LogP contribution in [0, 0.1) is 5.92 Å². The van der Waals surface area contributed by atoms with Crippen molar-refractivity contribution in [3.05, 3.63) is 70.6 Å². The first-order valence-corrected chi connectivity index (χ1v) is 8.47. The molecule has 1 amide bonds. The first-order chi connectivity index (χ1) is 12.0. The van der Waals surface area contributed by atoms with Crippen LogP contribution in [0.5, 0.6) is 0 Å². The number of hydrogen-bond acceptors (Lipinski definition) is 2. The molecule has 0 aliphatic rings. The Labute approximate surface area is 146 Å². The van der Waals surface area contributed by atoms with Gasteiger partial charge in [-0.05, 0) is 23.6 Å². The van der Waals surface area contributed by atoms with Gasteiger partial charge in [0.05, 0.1) is 17.1 Å². The summed E-state index contributed by atoms with van der Waals surface area (Å²) >= 11 is 0. The highest BCUT2D eigenvalue weighted by atomic mass is 16.2. The molecule has 0 aliphatic heterocycles. The number of para-hydroxylation sites is 2. The van der Waals surface area contributed by atoms with Crippen LogP contribution in [-0.2, 0) is 18.4 Å². The van der Waals surface area contributed by atoms with Crippen LogP contribution in [0.3, 0.4) is 0 Å². The molecule has 130 valence electrons. The summed E-state index contributed by atoms with van der Waals surface area (Å²) < 4.78 is 3.09. The number of nitrogens with one attached hydrogen (secondary N) is 1. The lowest BCUT2D eigenvalue weighted by Gasteiger charge is -2.23. The van der Waals surface area contributed by atoms with Gasteiger partial charge in [-0.25, -0.2) is 4.79 Å². The Morgan fingerprint density at radius 2 is 1.60 bits per heavy atom. The normalized spacial score (nSPS) is 12.5. The average Bonchev–Trinajstić information content (AvgIpc) is 2.85. The van der Waals surface area contributed by atoms with E-state index in [-0.39, 0.29) is 30.1 Å². The molecule has 1 heterocycles. The number of benzene rings is 2. The van der Waals surface area contributed by atoms with Crippen LogP contribution in [0.4, 0.5) is 0 Å². The molecule has 0 radical (unpaired) electrons. The summed E-state index contributed by atoms with van der Waals surface area (Å²) in [5.74, 6) is 0.0802. The molecule has 1 aromatic heterocycles. The fraction of sp³-hybridized carbons (Fsp3) is 0.300. The van der Waals surface area contributed by atoms with Gasteiger partial charge in [-0.15, -0.1) is 0 Å². The Hall–Kier alpha value is -2.82. The van der Waals surface area contributed by atoms with Gasteiger partial charge >= 0.3 is 5.69 Å². The van der Waals surface area contributed by atoms with Crippen molar-refractivity contribution in [2.45, 2.75) is 26.4 Å². The smallest absolute Gasteiger partial charge is 0.329 e. The average molecular weight is 337 g/mol. The molecule has 3 aromatic rings. The molecule has 1 N–H and O–H groups in total. The molecule has 0 spiro atoms. The highest BCUT2D eigenvalue weighted by molar-refractivity contribution is 5.81. The molecule has 1 atom stereocenters. The van der Waals surface area contributed by atoms with Gasteiger partial charge in [0.25, 0.3) is 0 Å². The first-order valence-electron chi connectivity index (χ1n) is 8.47. The minimum absolute atomic E-state index is 0.0102. The van der Waals surface area contributed by atoms with Gasteiger partial charge in [-0.3, -0.25) is 13.9 Å². The molecule has 25 heavy (non-hydrogen) atoms. The zero-order chi connectivity index (χ0) is 18.0. The van der Waals surface area contributed by atoms with Crippen LogP contribution < -0.4 is 11.0 Å². The fourth-order valence-electron chi connectivity index (χ4n) is 3.17. The molecule has 0 bridgehead atoms. The number of imidazole rings is 1. The minimum atomic E-state index is -0.183. The summed E-state index contributed by atoms with van der Waals surface area (Å²) in [6, 6.07) is 17.3. The predicted octanol–water partition coefficient (Wildman–Crippen LogP) is 2.85. The van der Waals surface area contributed by atoms with E-state index in [1.807, 2.05) is 54.6 Å². The predicted molar refractivity (Wildman–Crippen MR) is 99.3 cm³/mol. The Morgan fingerprint density at radius 3 is 2.24 bits per heavy atom. The number of carbonyl (C=O) groups is 1. The van der Waals surface area contributed by atoms with E-state index in [9.17, 15) is 9.59 Å². The summed E-state index contributed by atoms with van der Waals surface area (Å²) in [4.78, 5) is 25.1. The standard InChI is InChI=1S/C20H23N3O2/c1-14(2)19(15-9-5-4-6-10-15)21-18(24)13-23-17-12-8-7-11-16(17)22(3)20(23)25/h4-12,14,19H,13H2,1-3H3,(H,21,24). The zero-order valence-electron chi connectivity index (χ0n) is 14.8. The third-order valence-corrected chi connectivity index (χ3v) is 4.50. The second-order valence-corrected chi connectivity index (χ2v) is 6.62. The molecular weight excluding hydrogens is 314 g/mol. The number of nitrogens with zero attached hydrogens (tertiary/aromatic N) is 2. The van der Waals surface area contributed by atoms with E-state index in [1.54, 1.807) is 11.6 Å². The van der Waals surface area contributed by atoms with Crippen LogP contribution in [0.1, 0.15) is 25.5 Å². The quantitative estimate of drug-likeness (QED) is 0.778. The van der Waals surface area contributed by atoms with Gasteiger partial charge < -0.3 is 5.32 Å². The molecule has 2 aromatic carbocycles. The number of amides is 1. The van der Waals surface area contributed by atoms with Crippen molar-refractivity contribution in [2.75, 3.05) is 0 Å². The summed E-state index contributed by atoms with van der Waals surface area (Å²) in [5, 5.41) is 3.07. The summed E-state index contributed by atoms with van der Waals surface area (Å²) in [6.45, 7) is 4.15. The van der Waals surface area contributed by atoms with Crippen LogP contribution in [-0.4, -0.2) is 15.0 Å². The molecule has 0 saturated heterocycles. The Kier molecular flexibility index (Phi) is 4.74. The SMILES string of the molecule is CC(C)C(NC(=O)Cn1c(=O)n(C)c2ccccc21)c1ccccc1.